The lowest BCUT2D eigenvalue weighted by Gasteiger charge is -1.97. The van der Waals surface area contributed by atoms with Gasteiger partial charge in [-0.3, -0.25) is 4.79 Å². The van der Waals surface area contributed by atoms with Gasteiger partial charge in [-0.05, 0) is 19.1 Å². The molecule has 0 aliphatic rings. The lowest BCUT2D eigenvalue weighted by molar-refractivity contribution is -0.109. The van der Waals surface area contributed by atoms with Crippen molar-refractivity contribution in [2.45, 2.75) is 20.8 Å². The zero-order valence-corrected chi connectivity index (χ0v) is 10.3. The van der Waals surface area contributed by atoms with E-state index in [0.29, 0.717) is 6.41 Å². The molecule has 1 rings (SSSR count). The normalized spacial score (nSPS) is 7.27. The minimum atomic E-state index is 0.625. The second-order valence-electron chi connectivity index (χ2n) is 2.52. The van der Waals surface area contributed by atoms with Crippen molar-refractivity contribution in [1.29, 1.82) is 0 Å². The minimum absolute atomic E-state index is 0.625. The van der Waals surface area contributed by atoms with Crippen LogP contribution in [0.3, 0.4) is 0 Å². The van der Waals surface area contributed by atoms with Crippen molar-refractivity contribution in [3.8, 4) is 0 Å². The lowest BCUT2D eigenvalue weighted by atomic mass is 10.2. The maximum Gasteiger partial charge on any atom is 0.206 e. The molecular weight excluding hydrogens is 188 g/mol. The molecule has 0 heterocycles. The van der Waals surface area contributed by atoms with Crippen molar-refractivity contribution >= 4 is 12.1 Å². The molecule has 0 fully saturated rings. The van der Waals surface area contributed by atoms with Gasteiger partial charge in [0.25, 0.3) is 0 Å². The first-order chi connectivity index (χ1) is 7.24. The molecule has 0 bridgehead atoms. The molecule has 2 N–H and O–H groups in total. The van der Waals surface area contributed by atoms with Gasteiger partial charge >= 0.3 is 0 Å². The maximum atomic E-state index is 9.06. The predicted molar refractivity (Wildman–Crippen MR) is 67.2 cm³/mol. The van der Waals surface area contributed by atoms with Gasteiger partial charge in [-0.2, -0.15) is 0 Å². The molecule has 0 radical (unpaired) electrons. The molecule has 0 aliphatic heterocycles. The zero-order valence-electron chi connectivity index (χ0n) is 10.3. The summed E-state index contributed by atoms with van der Waals surface area (Å²) in [5.74, 6) is 0. The molecular formula is C12H22N2O. The van der Waals surface area contributed by atoms with Crippen LogP contribution in [0.15, 0.2) is 24.3 Å². The molecule has 15 heavy (non-hydrogen) atoms. The molecule has 0 atom stereocenters. The minimum Gasteiger partial charge on any atom is -0.388 e. The Balaban J connectivity index is 0. The largest absolute Gasteiger partial charge is 0.388 e. The van der Waals surface area contributed by atoms with Crippen molar-refractivity contribution in [2.24, 2.45) is 0 Å². The third-order valence-electron chi connectivity index (χ3n) is 1.46. The third-order valence-corrected chi connectivity index (χ3v) is 1.46. The number of carbonyl (C=O) groups is 1. The number of hydrogen-bond donors (Lipinski definition) is 2. The average Bonchev–Trinajstić information content (AvgIpc) is 2.33. The number of amides is 1. The van der Waals surface area contributed by atoms with Gasteiger partial charge in [0.1, 0.15) is 0 Å². The summed E-state index contributed by atoms with van der Waals surface area (Å²) in [4.78, 5) is 9.06. The topological polar surface area (TPSA) is 41.1 Å². The fourth-order valence-electron chi connectivity index (χ4n) is 0.720. The standard InChI is InChI=1S/C8H11N.C2H5NO.C2H6/c1-7-3-5-8(9-2)6-4-7;1-3-2-4;1-2/h3-6,9H,1-2H3;2H,1H3,(H,3,4);1-2H3. The van der Waals surface area contributed by atoms with Crippen molar-refractivity contribution in [3.05, 3.63) is 29.8 Å². The first kappa shape index (κ1) is 15.9. The quantitative estimate of drug-likeness (QED) is 0.736. The Hall–Kier alpha value is -1.51. The number of hydrogen-bond acceptors (Lipinski definition) is 2. The molecule has 1 aromatic carbocycles. The SMILES string of the molecule is CC.CNC=O.CNc1ccc(C)cc1. The summed E-state index contributed by atoms with van der Waals surface area (Å²) >= 11 is 0. The van der Waals surface area contributed by atoms with Crippen LogP contribution in [0.5, 0.6) is 0 Å². The van der Waals surface area contributed by atoms with E-state index in [-0.39, 0.29) is 0 Å². The summed E-state index contributed by atoms with van der Waals surface area (Å²) in [6, 6.07) is 8.31. The number of anilines is 1. The van der Waals surface area contributed by atoms with E-state index in [4.69, 9.17) is 4.79 Å². The van der Waals surface area contributed by atoms with Crippen molar-refractivity contribution in [1.82, 2.24) is 5.32 Å². The summed E-state index contributed by atoms with van der Waals surface area (Å²) in [6.45, 7) is 6.08. The van der Waals surface area contributed by atoms with E-state index in [1.54, 1.807) is 7.05 Å². The zero-order chi connectivity index (χ0) is 12.1. The molecule has 0 aromatic heterocycles. The van der Waals surface area contributed by atoms with E-state index in [0.717, 1.165) is 0 Å². The molecule has 0 saturated heterocycles. The van der Waals surface area contributed by atoms with E-state index >= 15 is 0 Å². The van der Waals surface area contributed by atoms with Crippen LogP contribution in [0.25, 0.3) is 0 Å². The molecule has 1 aromatic rings. The van der Waals surface area contributed by atoms with Crippen LogP contribution in [-0.2, 0) is 4.79 Å². The Labute approximate surface area is 92.9 Å². The van der Waals surface area contributed by atoms with E-state index in [1.165, 1.54) is 11.3 Å². The molecule has 0 unspecified atom stereocenters. The summed E-state index contributed by atoms with van der Waals surface area (Å²) in [5, 5.41) is 5.30. The van der Waals surface area contributed by atoms with Crippen molar-refractivity contribution in [2.75, 3.05) is 19.4 Å². The number of rotatable bonds is 2. The van der Waals surface area contributed by atoms with Crippen LogP contribution < -0.4 is 10.6 Å². The van der Waals surface area contributed by atoms with Gasteiger partial charge in [-0.15, -0.1) is 0 Å². The van der Waals surface area contributed by atoms with Crippen molar-refractivity contribution < 1.29 is 4.79 Å². The number of aryl methyl sites for hydroxylation is 1. The monoisotopic (exact) mass is 210 g/mol. The third kappa shape index (κ3) is 10.4. The van der Waals surface area contributed by atoms with Gasteiger partial charge in [-0.25, -0.2) is 0 Å². The second-order valence-corrected chi connectivity index (χ2v) is 2.52. The smallest absolute Gasteiger partial charge is 0.206 e. The lowest BCUT2D eigenvalue weighted by Crippen LogP contribution is -1.98. The van der Waals surface area contributed by atoms with Gasteiger partial charge in [0.05, 0.1) is 0 Å². The van der Waals surface area contributed by atoms with Crippen LogP contribution in [0.4, 0.5) is 5.69 Å². The van der Waals surface area contributed by atoms with Gasteiger partial charge < -0.3 is 10.6 Å². The average molecular weight is 210 g/mol. The van der Waals surface area contributed by atoms with Crippen LogP contribution in [0.2, 0.25) is 0 Å². The molecule has 3 heteroatoms. The molecule has 0 saturated carbocycles. The molecule has 3 nitrogen and oxygen atoms in total. The maximum absolute atomic E-state index is 9.06. The number of nitrogens with one attached hydrogen (secondary N) is 2. The highest BCUT2D eigenvalue weighted by Crippen LogP contribution is 2.06. The Kier molecular flexibility index (Phi) is 13.3. The summed E-state index contributed by atoms with van der Waals surface area (Å²) < 4.78 is 0. The highest BCUT2D eigenvalue weighted by molar-refractivity contribution is 5.45. The number of carbonyl (C=O) groups excluding carboxylic acids is 1. The van der Waals surface area contributed by atoms with Crippen LogP contribution >= 0.6 is 0 Å². The summed E-state index contributed by atoms with van der Waals surface area (Å²) in [6.07, 6.45) is 0.625. The molecule has 0 spiro atoms. The van der Waals surface area contributed by atoms with Crippen LogP contribution in [0.1, 0.15) is 19.4 Å². The highest BCUT2D eigenvalue weighted by Gasteiger charge is 1.83. The highest BCUT2D eigenvalue weighted by atomic mass is 16.1. The van der Waals surface area contributed by atoms with E-state index < -0.39 is 0 Å². The Morgan fingerprint density at radius 3 is 1.73 bits per heavy atom. The van der Waals surface area contributed by atoms with Gasteiger partial charge in [0.2, 0.25) is 6.41 Å². The molecule has 0 aliphatic carbocycles. The van der Waals surface area contributed by atoms with Crippen LogP contribution in [0, 0.1) is 6.92 Å². The fraction of sp³-hybridized carbons (Fsp3) is 0.417. The second kappa shape index (κ2) is 12.5. The summed E-state index contributed by atoms with van der Waals surface area (Å²) in [7, 11) is 3.48. The molecule has 1 amide bonds. The van der Waals surface area contributed by atoms with E-state index in [9.17, 15) is 0 Å². The number of benzene rings is 1. The van der Waals surface area contributed by atoms with Gasteiger partial charge in [0, 0.05) is 19.8 Å². The van der Waals surface area contributed by atoms with Gasteiger partial charge in [-0.1, -0.05) is 31.5 Å². The first-order valence-corrected chi connectivity index (χ1v) is 5.10. The van der Waals surface area contributed by atoms with E-state index in [2.05, 4.69) is 41.8 Å². The predicted octanol–water partition coefficient (Wildman–Crippen LogP) is 2.43. The Bertz CT molecular complexity index is 232. The fourth-order valence-corrected chi connectivity index (χ4v) is 0.720. The Morgan fingerprint density at radius 1 is 1.07 bits per heavy atom. The van der Waals surface area contributed by atoms with E-state index in [1.807, 2.05) is 20.9 Å². The summed E-state index contributed by atoms with van der Waals surface area (Å²) in [5.41, 5.74) is 2.47. The van der Waals surface area contributed by atoms with Gasteiger partial charge in [0.15, 0.2) is 0 Å². The Morgan fingerprint density at radius 2 is 1.47 bits per heavy atom. The molecule has 86 valence electrons. The van der Waals surface area contributed by atoms with Crippen molar-refractivity contribution in [3.63, 3.8) is 0 Å². The van der Waals surface area contributed by atoms with Crippen LogP contribution in [-0.4, -0.2) is 20.5 Å². The first-order valence-electron chi connectivity index (χ1n) is 5.10.